The highest BCUT2D eigenvalue weighted by atomic mass is 79.9. The van der Waals surface area contributed by atoms with E-state index in [4.69, 9.17) is 5.11 Å². The summed E-state index contributed by atoms with van der Waals surface area (Å²) >= 11 is 9.65. The molecular weight excluding hydrogens is 448 g/mol. The first-order valence-electron chi connectivity index (χ1n) is 5.05. The van der Waals surface area contributed by atoms with E-state index in [-0.39, 0.29) is 11.3 Å². The summed E-state index contributed by atoms with van der Waals surface area (Å²) in [6.07, 6.45) is 0. The molecule has 106 valence electrons. The minimum atomic E-state index is -0.935. The Morgan fingerprint density at radius 2 is 1.58 bits per heavy atom. The molecule has 0 bridgehead atoms. The quantitative estimate of drug-likeness (QED) is 0.483. The Balaban J connectivity index is 0.000000303. The van der Waals surface area contributed by atoms with Gasteiger partial charge in [-0.1, -0.05) is 22.5 Å². The predicted octanol–water partition coefficient (Wildman–Crippen LogP) is 4.34. The monoisotopic (exact) mass is 458 g/mol. The summed E-state index contributed by atoms with van der Waals surface area (Å²) in [5.41, 5.74) is 0.176. The van der Waals surface area contributed by atoms with Crippen molar-refractivity contribution in [1.29, 1.82) is 0 Å². The molecule has 0 amide bonds. The van der Waals surface area contributed by atoms with Gasteiger partial charge in [-0.15, -0.1) is 0 Å². The lowest BCUT2D eigenvalue weighted by Crippen LogP contribution is -1.92. The topological polar surface area (TPSA) is 70.1 Å². The maximum absolute atomic E-state index is 9.60. The van der Waals surface area contributed by atoms with Gasteiger partial charge in [0.1, 0.15) is 5.75 Å². The molecule has 0 unspecified atom stereocenters. The van der Waals surface area contributed by atoms with Crippen molar-refractivity contribution in [2.45, 2.75) is 6.92 Å². The number of halogens is 3. The fraction of sp³-hybridized carbons (Fsp3) is 0.250. The summed E-state index contributed by atoms with van der Waals surface area (Å²) in [6, 6.07) is 3.56. The fourth-order valence-electron chi connectivity index (χ4n) is 0.535. The molecule has 1 aliphatic rings. The maximum atomic E-state index is 9.60. The summed E-state index contributed by atoms with van der Waals surface area (Å²) in [4.78, 5) is 9.60. The maximum Gasteiger partial charge on any atom is 0.330 e. The Morgan fingerprint density at radius 3 is 1.79 bits per heavy atom. The minimum Gasteiger partial charge on any atom is -0.506 e. The standard InChI is InChI=1S/C6H3Br3O.C4H6O2.C2H4O/c7-3-1-4(8)6(10)5(9)2-3;1-3(2)4(5)6;1-2-3-1/h1-2,10H;1H2,2H3,(H,5,6);1-2H2. The van der Waals surface area contributed by atoms with E-state index in [9.17, 15) is 9.90 Å². The molecule has 0 spiro atoms. The zero-order valence-corrected chi connectivity index (χ0v) is 14.9. The van der Waals surface area contributed by atoms with Crippen LogP contribution in [0.4, 0.5) is 0 Å². The van der Waals surface area contributed by atoms with Crippen LogP contribution in [0.2, 0.25) is 0 Å². The molecule has 0 aliphatic carbocycles. The number of ether oxygens (including phenoxy) is 1. The number of hydrogen-bond acceptors (Lipinski definition) is 3. The largest absolute Gasteiger partial charge is 0.506 e. The first-order valence-corrected chi connectivity index (χ1v) is 7.43. The Bertz CT molecular complexity index is 421. The number of rotatable bonds is 1. The molecule has 1 aromatic carbocycles. The van der Waals surface area contributed by atoms with Crippen molar-refractivity contribution >= 4 is 53.8 Å². The van der Waals surface area contributed by atoms with Crippen molar-refractivity contribution in [3.8, 4) is 5.75 Å². The Labute approximate surface area is 136 Å². The first kappa shape index (κ1) is 18.6. The van der Waals surface area contributed by atoms with Crippen LogP contribution in [0.3, 0.4) is 0 Å². The van der Waals surface area contributed by atoms with Gasteiger partial charge in [0, 0.05) is 10.0 Å². The van der Waals surface area contributed by atoms with Gasteiger partial charge in [-0.2, -0.15) is 0 Å². The Hall–Kier alpha value is -0.370. The lowest BCUT2D eigenvalue weighted by molar-refractivity contribution is -0.132. The van der Waals surface area contributed by atoms with Gasteiger partial charge in [0.15, 0.2) is 0 Å². The third-order valence-corrected chi connectivity index (χ3v) is 3.22. The third kappa shape index (κ3) is 10.1. The van der Waals surface area contributed by atoms with E-state index in [2.05, 4.69) is 59.1 Å². The van der Waals surface area contributed by atoms with Crippen LogP contribution >= 0.6 is 47.8 Å². The predicted molar refractivity (Wildman–Crippen MR) is 84.5 cm³/mol. The van der Waals surface area contributed by atoms with E-state index in [1.807, 2.05) is 0 Å². The van der Waals surface area contributed by atoms with E-state index in [0.29, 0.717) is 8.95 Å². The Kier molecular flexibility index (Phi) is 9.34. The van der Waals surface area contributed by atoms with Crippen LogP contribution in [0.1, 0.15) is 6.92 Å². The van der Waals surface area contributed by atoms with Gasteiger partial charge >= 0.3 is 5.97 Å². The molecule has 4 nitrogen and oxygen atoms in total. The van der Waals surface area contributed by atoms with Crippen LogP contribution in [0.15, 0.2) is 37.7 Å². The molecule has 7 heteroatoms. The zero-order valence-electron chi connectivity index (χ0n) is 10.1. The highest BCUT2D eigenvalue weighted by molar-refractivity contribution is 9.11. The van der Waals surface area contributed by atoms with E-state index >= 15 is 0 Å². The number of phenolic OH excluding ortho intramolecular Hbond substituents is 1. The van der Waals surface area contributed by atoms with Crippen molar-refractivity contribution in [2.75, 3.05) is 13.2 Å². The summed E-state index contributed by atoms with van der Waals surface area (Å²) in [6.45, 7) is 6.60. The van der Waals surface area contributed by atoms with Crippen molar-refractivity contribution in [2.24, 2.45) is 0 Å². The molecule has 0 atom stereocenters. The molecular formula is C12H13Br3O4. The number of phenols is 1. The van der Waals surface area contributed by atoms with Gasteiger partial charge in [-0.05, 0) is 50.9 Å². The summed E-state index contributed by atoms with van der Waals surface area (Å²) in [7, 11) is 0. The summed E-state index contributed by atoms with van der Waals surface area (Å²) in [5, 5.41) is 17.1. The molecule has 0 aromatic heterocycles. The van der Waals surface area contributed by atoms with Crippen molar-refractivity contribution < 1.29 is 19.7 Å². The average Bonchev–Trinajstić information content (AvgIpc) is 3.13. The minimum absolute atomic E-state index is 0.176. The zero-order chi connectivity index (χ0) is 15.0. The van der Waals surface area contributed by atoms with E-state index in [1.54, 1.807) is 12.1 Å². The van der Waals surface area contributed by atoms with Gasteiger partial charge < -0.3 is 14.9 Å². The summed E-state index contributed by atoms with van der Waals surface area (Å²) < 4.78 is 6.77. The molecule has 0 radical (unpaired) electrons. The van der Waals surface area contributed by atoms with E-state index in [1.165, 1.54) is 6.92 Å². The number of benzene rings is 1. The van der Waals surface area contributed by atoms with E-state index < -0.39 is 5.97 Å². The molecule has 1 heterocycles. The lowest BCUT2D eigenvalue weighted by atomic mass is 10.3. The molecule has 2 rings (SSSR count). The average molecular weight is 461 g/mol. The SMILES string of the molecule is C1CO1.C=C(C)C(=O)O.Oc1c(Br)cc(Br)cc1Br. The number of carboxylic acids is 1. The van der Waals surface area contributed by atoms with Gasteiger partial charge in [0.05, 0.1) is 22.2 Å². The van der Waals surface area contributed by atoms with E-state index in [0.717, 1.165) is 17.7 Å². The highest BCUT2D eigenvalue weighted by Crippen LogP contribution is 2.34. The van der Waals surface area contributed by atoms with Gasteiger partial charge in [-0.3, -0.25) is 0 Å². The van der Waals surface area contributed by atoms with Gasteiger partial charge in [-0.25, -0.2) is 4.79 Å². The first-order chi connectivity index (χ1) is 8.75. The van der Waals surface area contributed by atoms with Crippen LogP contribution in [-0.4, -0.2) is 29.4 Å². The number of aliphatic carboxylic acids is 1. The third-order valence-electron chi connectivity index (χ3n) is 1.55. The lowest BCUT2D eigenvalue weighted by Gasteiger charge is -1.99. The molecule has 1 aliphatic heterocycles. The molecule has 0 saturated carbocycles. The van der Waals surface area contributed by atoms with Gasteiger partial charge in [0.2, 0.25) is 0 Å². The second kappa shape index (κ2) is 9.52. The van der Waals surface area contributed by atoms with Crippen molar-refractivity contribution in [3.63, 3.8) is 0 Å². The molecule has 1 fully saturated rings. The molecule has 1 saturated heterocycles. The second-order valence-corrected chi connectivity index (χ2v) is 6.04. The van der Waals surface area contributed by atoms with Crippen LogP contribution in [-0.2, 0) is 9.53 Å². The molecule has 2 N–H and O–H groups in total. The van der Waals surface area contributed by atoms with Crippen molar-refractivity contribution in [1.82, 2.24) is 0 Å². The number of aromatic hydroxyl groups is 1. The second-order valence-electron chi connectivity index (χ2n) is 3.42. The molecule has 1 aromatic rings. The molecule has 19 heavy (non-hydrogen) atoms. The highest BCUT2D eigenvalue weighted by Gasteiger charge is 2.02. The van der Waals surface area contributed by atoms with Crippen LogP contribution in [0.5, 0.6) is 5.75 Å². The number of carbonyl (C=O) groups is 1. The number of hydrogen-bond donors (Lipinski definition) is 2. The fourth-order valence-corrected chi connectivity index (χ4v) is 2.79. The normalized spacial score (nSPS) is 11.4. The van der Waals surface area contributed by atoms with Crippen molar-refractivity contribution in [3.05, 3.63) is 37.7 Å². The summed E-state index contributed by atoms with van der Waals surface area (Å²) in [5.74, 6) is -0.710. The van der Waals surface area contributed by atoms with Crippen LogP contribution in [0.25, 0.3) is 0 Å². The van der Waals surface area contributed by atoms with Crippen LogP contribution < -0.4 is 0 Å². The number of carboxylic acid groups (broad SMARTS) is 1. The van der Waals surface area contributed by atoms with Gasteiger partial charge in [0.25, 0.3) is 0 Å². The number of epoxide rings is 1. The van der Waals surface area contributed by atoms with Crippen LogP contribution in [0, 0.1) is 0 Å². The smallest absolute Gasteiger partial charge is 0.330 e. The Morgan fingerprint density at radius 1 is 1.26 bits per heavy atom.